The van der Waals surface area contributed by atoms with E-state index in [0.717, 1.165) is 5.75 Å². The molecule has 21 heavy (non-hydrogen) atoms. The van der Waals surface area contributed by atoms with Gasteiger partial charge in [0.15, 0.2) is 0 Å². The summed E-state index contributed by atoms with van der Waals surface area (Å²) in [6, 6.07) is 12.2. The molecule has 1 aromatic heterocycles. The third-order valence-electron chi connectivity index (χ3n) is 2.94. The molecule has 0 aliphatic rings. The van der Waals surface area contributed by atoms with Crippen molar-refractivity contribution < 1.29 is 9.84 Å². The van der Waals surface area contributed by atoms with Crippen LogP contribution in [0.15, 0.2) is 41.8 Å². The van der Waals surface area contributed by atoms with Gasteiger partial charge in [0.05, 0.1) is 0 Å². The first-order valence-corrected chi connectivity index (χ1v) is 8.02. The number of hydrogen-bond donors (Lipinski definition) is 2. The van der Waals surface area contributed by atoms with Gasteiger partial charge in [-0.05, 0) is 32.4 Å². The molecule has 0 aliphatic heterocycles. The maximum atomic E-state index is 9.91. The highest BCUT2D eigenvalue weighted by molar-refractivity contribution is 7.13. The summed E-state index contributed by atoms with van der Waals surface area (Å²) in [6.07, 6.45) is -0.510. The second-order valence-corrected chi connectivity index (χ2v) is 7.02. The van der Waals surface area contributed by atoms with E-state index < -0.39 is 6.10 Å². The number of ether oxygens (including phenoxy) is 1. The lowest BCUT2D eigenvalue weighted by Crippen LogP contribution is -2.42. The number of aliphatic hydroxyl groups excluding tert-OH is 1. The van der Waals surface area contributed by atoms with Crippen LogP contribution in [0.2, 0.25) is 0 Å². The average Bonchev–Trinajstić information content (AvgIpc) is 2.92. The van der Waals surface area contributed by atoms with Crippen molar-refractivity contribution >= 4 is 11.3 Å². The van der Waals surface area contributed by atoms with Crippen LogP contribution in [0.1, 0.15) is 20.8 Å². The van der Waals surface area contributed by atoms with E-state index >= 15 is 0 Å². The standard InChI is InChI=1S/C17H23NO2S/c1-17(2,3)18-10-14(19)11-20-15-9-16(21-12-15)13-7-5-4-6-8-13/h4-9,12,14,18-19H,10-11H2,1-3H3. The first kappa shape index (κ1) is 16.0. The molecule has 0 bridgehead atoms. The van der Waals surface area contributed by atoms with E-state index in [2.05, 4.69) is 38.2 Å². The van der Waals surface area contributed by atoms with Crippen LogP contribution in [0, 0.1) is 0 Å². The molecule has 3 nitrogen and oxygen atoms in total. The Bertz CT molecular complexity index is 545. The summed E-state index contributed by atoms with van der Waals surface area (Å²) in [7, 11) is 0. The highest BCUT2D eigenvalue weighted by Crippen LogP contribution is 2.30. The molecule has 0 fully saturated rings. The van der Waals surface area contributed by atoms with Gasteiger partial charge in [0, 0.05) is 22.3 Å². The maximum Gasteiger partial charge on any atom is 0.130 e. The summed E-state index contributed by atoms with van der Waals surface area (Å²) in [6.45, 7) is 7.05. The van der Waals surface area contributed by atoms with E-state index in [1.54, 1.807) is 11.3 Å². The summed E-state index contributed by atoms with van der Waals surface area (Å²) in [5.74, 6) is 0.814. The van der Waals surface area contributed by atoms with Gasteiger partial charge in [0.25, 0.3) is 0 Å². The van der Waals surface area contributed by atoms with Gasteiger partial charge in [-0.3, -0.25) is 0 Å². The van der Waals surface area contributed by atoms with Gasteiger partial charge in [0.1, 0.15) is 18.5 Å². The van der Waals surface area contributed by atoms with E-state index in [0.29, 0.717) is 13.2 Å². The van der Waals surface area contributed by atoms with E-state index in [1.807, 2.05) is 29.6 Å². The lowest BCUT2D eigenvalue weighted by Gasteiger charge is -2.22. The molecule has 1 heterocycles. The van der Waals surface area contributed by atoms with Crippen LogP contribution < -0.4 is 10.1 Å². The number of rotatable bonds is 6. The normalized spacial score (nSPS) is 13.1. The summed E-state index contributed by atoms with van der Waals surface area (Å²) in [4.78, 5) is 1.17. The quantitative estimate of drug-likeness (QED) is 0.857. The van der Waals surface area contributed by atoms with Crippen LogP contribution in [0.5, 0.6) is 5.75 Å². The number of thiophene rings is 1. The van der Waals surface area contributed by atoms with Gasteiger partial charge in [-0.25, -0.2) is 0 Å². The summed E-state index contributed by atoms with van der Waals surface area (Å²) in [5, 5.41) is 15.2. The molecule has 1 aromatic carbocycles. The highest BCUT2D eigenvalue weighted by Gasteiger charge is 2.13. The van der Waals surface area contributed by atoms with Gasteiger partial charge in [-0.2, -0.15) is 0 Å². The SMILES string of the molecule is CC(C)(C)NCC(O)COc1csc(-c2ccccc2)c1. The Morgan fingerprint density at radius 1 is 1.24 bits per heavy atom. The molecule has 1 atom stereocenters. The second-order valence-electron chi connectivity index (χ2n) is 6.11. The van der Waals surface area contributed by atoms with Crippen molar-refractivity contribution in [2.45, 2.75) is 32.4 Å². The fourth-order valence-corrected chi connectivity index (χ4v) is 2.66. The molecule has 0 saturated heterocycles. The zero-order valence-corrected chi connectivity index (χ0v) is 13.6. The van der Waals surface area contributed by atoms with Crippen LogP contribution >= 0.6 is 11.3 Å². The van der Waals surface area contributed by atoms with Crippen molar-refractivity contribution in [1.82, 2.24) is 5.32 Å². The summed E-state index contributed by atoms with van der Waals surface area (Å²) in [5.41, 5.74) is 1.19. The van der Waals surface area contributed by atoms with Crippen molar-refractivity contribution in [3.05, 3.63) is 41.8 Å². The highest BCUT2D eigenvalue weighted by atomic mass is 32.1. The first-order chi connectivity index (χ1) is 9.94. The summed E-state index contributed by atoms with van der Waals surface area (Å²) < 4.78 is 5.66. The first-order valence-electron chi connectivity index (χ1n) is 7.14. The van der Waals surface area contributed by atoms with E-state index in [9.17, 15) is 5.11 Å². The average molecular weight is 305 g/mol. The largest absolute Gasteiger partial charge is 0.490 e. The Labute approximate surface area is 130 Å². The van der Waals surface area contributed by atoms with E-state index in [4.69, 9.17) is 4.74 Å². The molecule has 0 spiro atoms. The van der Waals surface area contributed by atoms with Gasteiger partial charge < -0.3 is 15.2 Å². The van der Waals surface area contributed by atoms with Crippen molar-refractivity contribution in [3.63, 3.8) is 0 Å². The predicted octanol–water partition coefficient (Wildman–Crippen LogP) is 3.54. The van der Waals surface area contributed by atoms with Crippen LogP contribution in [0.4, 0.5) is 0 Å². The van der Waals surface area contributed by atoms with E-state index in [1.165, 1.54) is 10.4 Å². The molecule has 1 unspecified atom stereocenters. The molecule has 2 N–H and O–H groups in total. The Hall–Kier alpha value is -1.36. The zero-order chi connectivity index (χ0) is 15.3. The maximum absolute atomic E-state index is 9.91. The minimum atomic E-state index is -0.510. The third kappa shape index (κ3) is 5.50. The molecule has 2 rings (SSSR count). The van der Waals surface area contributed by atoms with Crippen molar-refractivity contribution in [3.8, 4) is 16.2 Å². The molecule has 2 aromatic rings. The summed E-state index contributed by atoms with van der Waals surface area (Å²) >= 11 is 1.65. The lowest BCUT2D eigenvalue weighted by atomic mass is 10.1. The van der Waals surface area contributed by atoms with Crippen LogP contribution in [0.25, 0.3) is 10.4 Å². The van der Waals surface area contributed by atoms with Gasteiger partial charge in [-0.1, -0.05) is 30.3 Å². The smallest absolute Gasteiger partial charge is 0.130 e. The number of nitrogens with one attached hydrogen (secondary N) is 1. The second kappa shape index (κ2) is 7.07. The lowest BCUT2D eigenvalue weighted by molar-refractivity contribution is 0.100. The van der Waals surface area contributed by atoms with Gasteiger partial charge in [-0.15, -0.1) is 11.3 Å². The number of benzene rings is 1. The third-order valence-corrected chi connectivity index (χ3v) is 3.90. The Morgan fingerprint density at radius 2 is 1.95 bits per heavy atom. The Balaban J connectivity index is 1.83. The van der Waals surface area contributed by atoms with Crippen LogP contribution in [-0.2, 0) is 0 Å². The van der Waals surface area contributed by atoms with Gasteiger partial charge >= 0.3 is 0 Å². The molecule has 4 heteroatoms. The molecule has 0 amide bonds. The Morgan fingerprint density at radius 3 is 2.62 bits per heavy atom. The van der Waals surface area contributed by atoms with Crippen molar-refractivity contribution in [1.29, 1.82) is 0 Å². The van der Waals surface area contributed by atoms with Gasteiger partial charge in [0.2, 0.25) is 0 Å². The van der Waals surface area contributed by atoms with Crippen LogP contribution in [0.3, 0.4) is 0 Å². The van der Waals surface area contributed by atoms with Crippen molar-refractivity contribution in [2.75, 3.05) is 13.2 Å². The fraction of sp³-hybridized carbons (Fsp3) is 0.412. The predicted molar refractivity (Wildman–Crippen MR) is 89.0 cm³/mol. The molecular weight excluding hydrogens is 282 g/mol. The topological polar surface area (TPSA) is 41.5 Å². The number of aliphatic hydroxyl groups is 1. The fourth-order valence-electron chi connectivity index (χ4n) is 1.82. The molecule has 114 valence electrons. The molecule has 0 aliphatic carbocycles. The van der Waals surface area contributed by atoms with Crippen LogP contribution in [-0.4, -0.2) is 29.9 Å². The monoisotopic (exact) mass is 305 g/mol. The Kier molecular flexibility index (Phi) is 5.39. The zero-order valence-electron chi connectivity index (χ0n) is 12.8. The minimum Gasteiger partial charge on any atom is -0.490 e. The molecule has 0 radical (unpaired) electrons. The molecule has 0 saturated carbocycles. The number of hydrogen-bond acceptors (Lipinski definition) is 4. The van der Waals surface area contributed by atoms with Crippen molar-refractivity contribution in [2.24, 2.45) is 0 Å². The number of β-amino-alcohol motifs (C(OH)–C–C–N with tert-alkyl or cyclic N) is 1. The molecular formula is C17H23NO2S. The van der Waals surface area contributed by atoms with E-state index in [-0.39, 0.29) is 5.54 Å². The minimum absolute atomic E-state index is 0.00381.